The number of nitrogens with zero attached hydrogens (tertiary/aromatic N) is 2. The van der Waals surface area contributed by atoms with Gasteiger partial charge < -0.3 is 10.2 Å². The van der Waals surface area contributed by atoms with E-state index in [9.17, 15) is 4.79 Å². The summed E-state index contributed by atoms with van der Waals surface area (Å²) in [5.74, 6) is 1.76. The monoisotopic (exact) mass is 371 g/mol. The molecule has 2 aliphatic heterocycles. The van der Waals surface area contributed by atoms with Crippen LogP contribution < -0.4 is 5.32 Å². The zero-order chi connectivity index (χ0) is 14.8. The third kappa shape index (κ3) is 3.67. The van der Waals surface area contributed by atoms with Crippen LogP contribution in [-0.4, -0.2) is 55.0 Å². The third-order valence-electron chi connectivity index (χ3n) is 4.53. The van der Waals surface area contributed by atoms with Gasteiger partial charge in [0.05, 0.1) is 16.9 Å². The topological polar surface area (TPSA) is 35.6 Å². The van der Waals surface area contributed by atoms with Gasteiger partial charge in [0.15, 0.2) is 0 Å². The van der Waals surface area contributed by atoms with Crippen molar-refractivity contribution in [3.8, 4) is 0 Å². The number of thiophene rings is 1. The maximum Gasteiger partial charge on any atom is 0.237 e. The van der Waals surface area contributed by atoms with Crippen molar-refractivity contribution >= 4 is 33.2 Å². The lowest BCUT2D eigenvalue weighted by Gasteiger charge is -2.24. The highest BCUT2D eigenvalue weighted by Crippen LogP contribution is 2.26. The van der Waals surface area contributed by atoms with E-state index in [1.54, 1.807) is 11.3 Å². The minimum atomic E-state index is 0.259. The van der Waals surface area contributed by atoms with Gasteiger partial charge in [-0.05, 0) is 59.9 Å². The molecule has 2 atom stereocenters. The number of halogens is 1. The van der Waals surface area contributed by atoms with Gasteiger partial charge in [0.1, 0.15) is 0 Å². The number of likely N-dealkylation sites (tertiary alicyclic amines) is 1. The van der Waals surface area contributed by atoms with Gasteiger partial charge in [-0.25, -0.2) is 0 Å². The van der Waals surface area contributed by atoms with Crippen LogP contribution in [0.4, 0.5) is 0 Å². The molecule has 3 heterocycles. The molecule has 1 amide bonds. The van der Waals surface area contributed by atoms with E-state index in [0.717, 1.165) is 54.9 Å². The molecule has 0 radical (unpaired) electrons. The summed E-state index contributed by atoms with van der Waals surface area (Å²) < 4.78 is 1.13. The molecule has 1 aromatic rings. The Hall–Kier alpha value is -0.430. The lowest BCUT2D eigenvalue weighted by atomic mass is 10.0. The average molecular weight is 372 g/mol. The molecule has 0 saturated carbocycles. The van der Waals surface area contributed by atoms with Crippen LogP contribution in [0, 0.1) is 11.8 Å². The first-order valence-electron chi connectivity index (χ1n) is 7.60. The number of nitrogens with one attached hydrogen (secondary N) is 1. The maximum atomic E-state index is 12.5. The number of hydrogen-bond donors (Lipinski definition) is 1. The molecule has 0 unspecified atom stereocenters. The van der Waals surface area contributed by atoms with Crippen LogP contribution in [0.3, 0.4) is 0 Å². The summed E-state index contributed by atoms with van der Waals surface area (Å²) in [6.07, 6.45) is 0. The lowest BCUT2D eigenvalue weighted by Crippen LogP contribution is -2.40. The Morgan fingerprint density at radius 1 is 1.43 bits per heavy atom. The molecule has 2 fully saturated rings. The molecule has 0 bridgehead atoms. The van der Waals surface area contributed by atoms with E-state index in [0.29, 0.717) is 6.54 Å². The first kappa shape index (κ1) is 15.5. The molecule has 2 saturated heterocycles. The Morgan fingerprint density at radius 3 is 2.71 bits per heavy atom. The first-order chi connectivity index (χ1) is 10.2. The van der Waals surface area contributed by atoms with Gasteiger partial charge in [0.2, 0.25) is 5.91 Å². The Morgan fingerprint density at radius 2 is 2.14 bits per heavy atom. The van der Waals surface area contributed by atoms with Crippen molar-refractivity contribution in [1.29, 1.82) is 0 Å². The summed E-state index contributed by atoms with van der Waals surface area (Å²) in [4.78, 5) is 18.1. The van der Waals surface area contributed by atoms with Crippen LogP contribution >= 0.6 is 27.3 Å². The van der Waals surface area contributed by atoms with Crippen molar-refractivity contribution in [2.24, 2.45) is 11.8 Å². The molecule has 2 aliphatic rings. The minimum absolute atomic E-state index is 0.259. The highest BCUT2D eigenvalue weighted by atomic mass is 79.9. The summed E-state index contributed by atoms with van der Waals surface area (Å²) in [5.41, 5.74) is 0. The van der Waals surface area contributed by atoms with Crippen LogP contribution in [0.15, 0.2) is 15.9 Å². The quantitative estimate of drug-likeness (QED) is 0.859. The largest absolute Gasteiger partial charge is 0.337 e. The van der Waals surface area contributed by atoms with E-state index in [-0.39, 0.29) is 5.91 Å². The molecule has 0 aliphatic carbocycles. The zero-order valence-electron chi connectivity index (χ0n) is 12.3. The van der Waals surface area contributed by atoms with Crippen molar-refractivity contribution in [2.45, 2.75) is 13.5 Å². The number of rotatable bonds is 5. The first-order valence-corrected chi connectivity index (χ1v) is 9.21. The third-order valence-corrected chi connectivity index (χ3v) is 6.14. The molecule has 4 nitrogen and oxygen atoms in total. The van der Waals surface area contributed by atoms with Crippen LogP contribution in [-0.2, 0) is 11.3 Å². The molecule has 116 valence electrons. The number of hydrogen-bond acceptors (Lipinski definition) is 4. The Bertz CT molecular complexity index is 495. The maximum absolute atomic E-state index is 12.5. The fraction of sp³-hybridized carbons (Fsp3) is 0.667. The fourth-order valence-corrected chi connectivity index (χ4v) is 4.87. The molecule has 1 N–H and O–H groups in total. The second-order valence-corrected chi connectivity index (χ2v) is 8.53. The number of carbonyl (C=O) groups is 1. The van der Waals surface area contributed by atoms with Crippen LogP contribution in [0.2, 0.25) is 0 Å². The van der Waals surface area contributed by atoms with Gasteiger partial charge in [-0.15, -0.1) is 11.3 Å². The van der Waals surface area contributed by atoms with Crippen LogP contribution in [0.5, 0.6) is 0 Å². The van der Waals surface area contributed by atoms with E-state index in [1.165, 1.54) is 4.88 Å². The molecular weight excluding hydrogens is 350 g/mol. The van der Waals surface area contributed by atoms with Gasteiger partial charge in [0.25, 0.3) is 0 Å². The predicted octanol–water partition coefficient (Wildman–Crippen LogP) is 2.01. The van der Waals surface area contributed by atoms with Gasteiger partial charge >= 0.3 is 0 Å². The molecule has 3 rings (SSSR count). The molecule has 1 aromatic heterocycles. The summed E-state index contributed by atoms with van der Waals surface area (Å²) in [5, 5.41) is 3.44. The zero-order valence-corrected chi connectivity index (χ0v) is 14.8. The molecule has 6 heteroatoms. The molecule has 0 spiro atoms. The average Bonchev–Trinajstić information content (AvgIpc) is 3.12. The van der Waals surface area contributed by atoms with Crippen LogP contribution in [0.1, 0.15) is 11.8 Å². The van der Waals surface area contributed by atoms with E-state index in [1.807, 2.05) is 11.0 Å². The van der Waals surface area contributed by atoms with E-state index in [4.69, 9.17) is 0 Å². The Balaban J connectivity index is 1.53. The lowest BCUT2D eigenvalue weighted by molar-refractivity contribution is -0.132. The SMILES string of the molecule is CCN(Cc1ccc(Br)s1)C(=O)CN1C[C@H]2CNC[C@H]2C1. The number of fused-ring (bicyclic) bond motifs is 1. The summed E-state index contributed by atoms with van der Waals surface area (Å²) in [6.45, 7) is 8.53. The standard InChI is InChI=1S/C15H22BrN3OS/c1-2-19(9-13-3-4-14(16)21-13)15(20)10-18-7-11-5-17-6-12(11)8-18/h3-4,11-12,17H,2,5-10H2,1H3/t11-,12+. The van der Waals surface area contributed by atoms with E-state index < -0.39 is 0 Å². The minimum Gasteiger partial charge on any atom is -0.337 e. The second-order valence-electron chi connectivity index (χ2n) is 5.99. The second kappa shape index (κ2) is 6.77. The predicted molar refractivity (Wildman–Crippen MR) is 89.4 cm³/mol. The highest BCUT2D eigenvalue weighted by molar-refractivity contribution is 9.11. The van der Waals surface area contributed by atoms with Gasteiger partial charge in [-0.3, -0.25) is 9.69 Å². The van der Waals surface area contributed by atoms with E-state index >= 15 is 0 Å². The number of likely N-dealkylation sites (N-methyl/N-ethyl adjacent to an activating group) is 1. The number of carbonyl (C=O) groups excluding carboxylic acids is 1. The molecular formula is C15H22BrN3OS. The van der Waals surface area contributed by atoms with E-state index in [2.05, 4.69) is 39.1 Å². The molecule has 21 heavy (non-hydrogen) atoms. The normalized spacial score (nSPS) is 25.2. The summed E-state index contributed by atoms with van der Waals surface area (Å²) in [7, 11) is 0. The van der Waals surface area contributed by atoms with Gasteiger partial charge in [-0.1, -0.05) is 0 Å². The summed E-state index contributed by atoms with van der Waals surface area (Å²) in [6, 6.07) is 4.14. The Labute approximate surface area is 138 Å². The summed E-state index contributed by atoms with van der Waals surface area (Å²) >= 11 is 5.19. The smallest absolute Gasteiger partial charge is 0.237 e. The van der Waals surface area contributed by atoms with Crippen molar-refractivity contribution in [2.75, 3.05) is 39.3 Å². The van der Waals surface area contributed by atoms with Crippen molar-refractivity contribution in [3.05, 3.63) is 20.8 Å². The fourth-order valence-electron chi connectivity index (χ4n) is 3.37. The highest BCUT2D eigenvalue weighted by Gasteiger charge is 2.36. The van der Waals surface area contributed by atoms with Crippen LogP contribution in [0.25, 0.3) is 0 Å². The molecule has 0 aromatic carbocycles. The van der Waals surface area contributed by atoms with Crippen molar-refractivity contribution in [3.63, 3.8) is 0 Å². The van der Waals surface area contributed by atoms with Gasteiger partial charge in [-0.2, -0.15) is 0 Å². The Kier molecular flexibility index (Phi) is 4.99. The van der Waals surface area contributed by atoms with Crippen molar-refractivity contribution < 1.29 is 4.79 Å². The van der Waals surface area contributed by atoms with Crippen molar-refractivity contribution in [1.82, 2.24) is 15.1 Å². The van der Waals surface area contributed by atoms with Gasteiger partial charge in [0, 0.05) is 24.5 Å². The number of amides is 1.